The van der Waals surface area contributed by atoms with E-state index in [9.17, 15) is 0 Å². The van der Waals surface area contributed by atoms with Gasteiger partial charge >= 0.3 is 0 Å². The van der Waals surface area contributed by atoms with Gasteiger partial charge in [-0.2, -0.15) is 0 Å². The van der Waals surface area contributed by atoms with E-state index in [0.29, 0.717) is 0 Å². The second-order valence-corrected chi connectivity index (χ2v) is 19.2. The molecule has 1 aliphatic rings. The molecular weight excluding hydrogens is 881 g/mol. The normalized spacial score (nSPS) is 12.5. The maximum Gasteiger partial charge on any atom is 0.0714 e. The molecule has 2 heteroatoms. The molecule has 0 atom stereocenters. The van der Waals surface area contributed by atoms with Crippen LogP contribution in [0.25, 0.3) is 82.8 Å². The van der Waals surface area contributed by atoms with Crippen LogP contribution in [0.3, 0.4) is 0 Å². The van der Waals surface area contributed by atoms with Crippen LogP contribution in [-0.4, -0.2) is 4.57 Å². The van der Waals surface area contributed by atoms with Crippen molar-refractivity contribution in [3.8, 4) is 50.2 Å². The Morgan fingerprint density at radius 3 is 1.59 bits per heavy atom. The van der Waals surface area contributed by atoms with E-state index < -0.39 is 5.41 Å². The first-order chi connectivity index (χ1) is 36.2. The van der Waals surface area contributed by atoms with Gasteiger partial charge in [-0.1, -0.05) is 243 Å². The maximum atomic E-state index is 2.50. The van der Waals surface area contributed by atoms with Gasteiger partial charge < -0.3 is 9.47 Å². The fourth-order valence-corrected chi connectivity index (χ4v) is 12.1. The smallest absolute Gasteiger partial charge is 0.0714 e. The summed E-state index contributed by atoms with van der Waals surface area (Å²) >= 11 is 0. The highest BCUT2D eigenvalue weighted by Gasteiger charge is 2.46. The van der Waals surface area contributed by atoms with Crippen molar-refractivity contribution >= 4 is 49.6 Å². The van der Waals surface area contributed by atoms with E-state index in [1.807, 2.05) is 0 Å². The van der Waals surface area contributed by atoms with Gasteiger partial charge in [-0.15, -0.1) is 0 Å². The monoisotopic (exact) mass is 928 g/mol. The molecule has 13 aromatic rings. The number of fused-ring (bicyclic) bond motifs is 7. The summed E-state index contributed by atoms with van der Waals surface area (Å²) in [6, 6.07) is 107. The van der Waals surface area contributed by atoms with Crippen LogP contribution in [0.1, 0.15) is 22.3 Å². The van der Waals surface area contributed by atoms with E-state index in [2.05, 4.69) is 301 Å². The molecule has 0 aliphatic heterocycles. The van der Waals surface area contributed by atoms with Gasteiger partial charge in [-0.25, -0.2) is 0 Å². The largest absolute Gasteiger partial charge is 0.309 e. The SMILES string of the molecule is c1ccc(-c2ccc(N(c3ccccc3-c3ccccc3-c3ccc4c5ccccc5n(-c5ccc6c(c5)C(c5ccccc5)(c5ccccc5)c5ccccc5-6)c4c3)c3cccc4ccccc34)cc2)cc1. The molecule has 0 bridgehead atoms. The van der Waals surface area contributed by atoms with Crippen LogP contribution >= 0.6 is 0 Å². The van der Waals surface area contributed by atoms with Crippen molar-refractivity contribution in [1.29, 1.82) is 0 Å². The van der Waals surface area contributed by atoms with Gasteiger partial charge in [-0.05, 0) is 115 Å². The number of aromatic nitrogens is 1. The summed E-state index contributed by atoms with van der Waals surface area (Å²) in [4.78, 5) is 2.45. The van der Waals surface area contributed by atoms with Crippen molar-refractivity contribution < 1.29 is 0 Å². The first-order valence-electron chi connectivity index (χ1n) is 25.3. The van der Waals surface area contributed by atoms with Gasteiger partial charge in [0, 0.05) is 33.1 Å². The molecule has 1 aromatic heterocycles. The van der Waals surface area contributed by atoms with Crippen LogP contribution in [-0.2, 0) is 5.41 Å². The number of benzene rings is 12. The second-order valence-electron chi connectivity index (χ2n) is 19.2. The third kappa shape index (κ3) is 6.79. The molecule has 342 valence electrons. The summed E-state index contributed by atoms with van der Waals surface area (Å²) in [5.41, 5.74) is 21.0. The number of hydrogen-bond donors (Lipinski definition) is 0. The zero-order valence-electron chi connectivity index (χ0n) is 40.1. The van der Waals surface area contributed by atoms with Crippen LogP contribution in [0.5, 0.6) is 0 Å². The average molecular weight is 929 g/mol. The van der Waals surface area contributed by atoms with Gasteiger partial charge in [0.2, 0.25) is 0 Å². The minimum absolute atomic E-state index is 0.509. The van der Waals surface area contributed by atoms with Gasteiger partial charge in [0.05, 0.1) is 27.8 Å². The molecule has 14 rings (SSSR count). The van der Waals surface area contributed by atoms with Crippen molar-refractivity contribution in [2.45, 2.75) is 5.41 Å². The molecule has 73 heavy (non-hydrogen) atoms. The van der Waals surface area contributed by atoms with Gasteiger partial charge in [0.1, 0.15) is 0 Å². The van der Waals surface area contributed by atoms with Crippen LogP contribution in [0.4, 0.5) is 17.1 Å². The molecular formula is C71H48N2. The lowest BCUT2D eigenvalue weighted by Gasteiger charge is -2.34. The van der Waals surface area contributed by atoms with Gasteiger partial charge in [-0.3, -0.25) is 0 Å². The lowest BCUT2D eigenvalue weighted by Crippen LogP contribution is -2.28. The number of nitrogens with zero attached hydrogens (tertiary/aromatic N) is 2. The van der Waals surface area contributed by atoms with E-state index in [1.54, 1.807) is 0 Å². The van der Waals surface area contributed by atoms with Crippen molar-refractivity contribution in [3.05, 3.63) is 313 Å². The standard InChI is InChI=1S/C71H48N2/c1-4-21-49(22-5-1)50-39-42-55(43-40-50)72(67-38-20-24-51-23-10-11-30-58(51)67)68-36-18-15-33-62(68)59-31-13-12-29-57(59)52-41-45-64-63-34-16-19-37-69(63)73(70(64)47-52)56-44-46-61-60-32-14-17-35-65(60)71(66(61)48-56,53-25-6-2-7-26-53)54-27-8-3-9-28-54/h1-48H. The molecule has 0 unspecified atom stereocenters. The first-order valence-corrected chi connectivity index (χ1v) is 25.3. The molecule has 0 radical (unpaired) electrons. The molecule has 1 aliphatic carbocycles. The highest BCUT2D eigenvalue weighted by atomic mass is 15.1. The lowest BCUT2D eigenvalue weighted by molar-refractivity contribution is 0.767. The van der Waals surface area contributed by atoms with Crippen LogP contribution in [0.15, 0.2) is 291 Å². The summed E-state index contributed by atoms with van der Waals surface area (Å²) in [6.07, 6.45) is 0. The Morgan fingerprint density at radius 2 is 0.822 bits per heavy atom. The Bertz CT molecular complexity index is 4140. The topological polar surface area (TPSA) is 8.17 Å². The summed E-state index contributed by atoms with van der Waals surface area (Å²) in [5.74, 6) is 0. The predicted octanol–water partition coefficient (Wildman–Crippen LogP) is 18.8. The number of hydrogen-bond acceptors (Lipinski definition) is 1. The molecule has 0 spiro atoms. The van der Waals surface area contributed by atoms with Crippen molar-refractivity contribution in [1.82, 2.24) is 4.57 Å². The fraction of sp³-hybridized carbons (Fsp3) is 0.0141. The Kier molecular flexibility index (Phi) is 10.1. The minimum atomic E-state index is -0.509. The fourth-order valence-electron chi connectivity index (χ4n) is 12.1. The first kappa shape index (κ1) is 42.4. The molecule has 12 aromatic carbocycles. The van der Waals surface area contributed by atoms with Crippen molar-refractivity contribution in [2.75, 3.05) is 4.90 Å². The maximum absolute atomic E-state index is 2.50. The quantitative estimate of drug-likeness (QED) is 0.140. The second kappa shape index (κ2) is 17.4. The van der Waals surface area contributed by atoms with Gasteiger partial charge in [0.25, 0.3) is 0 Å². The van der Waals surface area contributed by atoms with E-state index in [1.165, 1.54) is 77.1 Å². The van der Waals surface area contributed by atoms with Crippen LogP contribution in [0, 0.1) is 0 Å². The van der Waals surface area contributed by atoms with E-state index >= 15 is 0 Å². The van der Waals surface area contributed by atoms with Crippen LogP contribution < -0.4 is 4.90 Å². The number of rotatable bonds is 9. The van der Waals surface area contributed by atoms with E-state index in [0.717, 1.165) is 45.0 Å². The summed E-state index contributed by atoms with van der Waals surface area (Å²) < 4.78 is 2.50. The molecule has 0 fully saturated rings. The Morgan fingerprint density at radius 1 is 0.288 bits per heavy atom. The van der Waals surface area contributed by atoms with E-state index in [4.69, 9.17) is 0 Å². The third-order valence-electron chi connectivity index (χ3n) is 15.3. The Labute approximate surface area is 426 Å². The lowest BCUT2D eigenvalue weighted by atomic mass is 9.67. The molecule has 0 amide bonds. The van der Waals surface area contributed by atoms with Crippen LogP contribution in [0.2, 0.25) is 0 Å². The average Bonchev–Trinajstić information content (AvgIpc) is 3.96. The minimum Gasteiger partial charge on any atom is -0.309 e. The van der Waals surface area contributed by atoms with Crippen molar-refractivity contribution in [2.24, 2.45) is 0 Å². The van der Waals surface area contributed by atoms with Crippen molar-refractivity contribution in [3.63, 3.8) is 0 Å². The summed E-state index contributed by atoms with van der Waals surface area (Å²) in [7, 11) is 0. The molecule has 0 N–H and O–H groups in total. The Balaban J connectivity index is 0.956. The molecule has 0 saturated heterocycles. The molecule has 2 nitrogen and oxygen atoms in total. The van der Waals surface area contributed by atoms with E-state index in [-0.39, 0.29) is 0 Å². The van der Waals surface area contributed by atoms with Gasteiger partial charge in [0.15, 0.2) is 0 Å². The molecule has 1 heterocycles. The zero-order valence-corrected chi connectivity index (χ0v) is 40.1. The predicted molar refractivity (Wildman–Crippen MR) is 307 cm³/mol. The number of para-hydroxylation sites is 2. The highest BCUT2D eigenvalue weighted by molar-refractivity contribution is 6.11. The zero-order chi connectivity index (χ0) is 48.3. The third-order valence-corrected chi connectivity index (χ3v) is 15.3. The summed E-state index contributed by atoms with van der Waals surface area (Å²) in [5, 5.41) is 4.84. The Hall–Kier alpha value is -9.50. The highest BCUT2D eigenvalue weighted by Crippen LogP contribution is 2.57. The molecule has 0 saturated carbocycles. The number of anilines is 3. The summed E-state index contributed by atoms with van der Waals surface area (Å²) in [6.45, 7) is 0.